The van der Waals surface area contributed by atoms with E-state index in [-0.39, 0.29) is 18.1 Å². The molecule has 0 radical (unpaired) electrons. The quantitative estimate of drug-likeness (QED) is 0.917. The van der Waals surface area contributed by atoms with Crippen LogP contribution in [0.1, 0.15) is 19.0 Å². The Kier molecular flexibility index (Phi) is 3.07. The van der Waals surface area contributed by atoms with Gasteiger partial charge in [-0.1, -0.05) is 18.2 Å². The van der Waals surface area contributed by atoms with Crippen molar-refractivity contribution in [3.05, 3.63) is 30.0 Å². The minimum Gasteiger partial charge on any atom is -0.396 e. The highest BCUT2D eigenvalue weighted by Gasteiger charge is 2.42. The molecular formula is C15H20N2O2. The van der Waals surface area contributed by atoms with E-state index in [1.54, 1.807) is 0 Å². The van der Waals surface area contributed by atoms with Gasteiger partial charge in [0, 0.05) is 30.9 Å². The summed E-state index contributed by atoms with van der Waals surface area (Å²) in [6, 6.07) is 8.24. The molecule has 1 saturated heterocycles. The van der Waals surface area contributed by atoms with E-state index < -0.39 is 0 Å². The van der Waals surface area contributed by atoms with Crippen molar-refractivity contribution in [2.45, 2.75) is 25.9 Å². The number of aliphatic hydroxyl groups is 1. The molecule has 1 N–H and O–H groups in total. The molecule has 3 rings (SSSR count). The van der Waals surface area contributed by atoms with E-state index in [0.717, 1.165) is 30.7 Å². The van der Waals surface area contributed by atoms with Crippen LogP contribution in [-0.4, -0.2) is 34.2 Å². The summed E-state index contributed by atoms with van der Waals surface area (Å²) in [5.74, 6) is 0. The van der Waals surface area contributed by atoms with Gasteiger partial charge in [-0.3, -0.25) is 4.68 Å². The number of fused-ring (bicyclic) bond motifs is 1. The van der Waals surface area contributed by atoms with Gasteiger partial charge in [0.25, 0.3) is 0 Å². The maximum atomic E-state index is 9.81. The molecule has 19 heavy (non-hydrogen) atoms. The molecule has 4 heteroatoms. The van der Waals surface area contributed by atoms with Gasteiger partial charge in [0.2, 0.25) is 0 Å². The largest absolute Gasteiger partial charge is 0.396 e. The third-order valence-corrected chi connectivity index (χ3v) is 4.50. The molecule has 1 fully saturated rings. The highest BCUT2D eigenvalue weighted by atomic mass is 16.5. The van der Waals surface area contributed by atoms with Crippen molar-refractivity contribution in [3.8, 4) is 0 Å². The lowest BCUT2D eigenvalue weighted by molar-refractivity contribution is 0.0267. The van der Waals surface area contributed by atoms with Gasteiger partial charge < -0.3 is 9.84 Å². The fraction of sp³-hybridized carbons (Fsp3) is 0.533. The zero-order chi connectivity index (χ0) is 13.5. The van der Waals surface area contributed by atoms with Gasteiger partial charge in [-0.2, -0.15) is 5.10 Å². The fourth-order valence-electron chi connectivity index (χ4n) is 3.07. The second kappa shape index (κ2) is 4.62. The Morgan fingerprint density at radius 2 is 2.26 bits per heavy atom. The Labute approximate surface area is 113 Å². The van der Waals surface area contributed by atoms with Gasteiger partial charge >= 0.3 is 0 Å². The summed E-state index contributed by atoms with van der Waals surface area (Å²) in [6.45, 7) is 2.93. The van der Waals surface area contributed by atoms with E-state index in [4.69, 9.17) is 4.74 Å². The van der Waals surface area contributed by atoms with Crippen LogP contribution in [0.15, 0.2) is 24.3 Å². The minimum atomic E-state index is -0.183. The zero-order valence-electron chi connectivity index (χ0n) is 11.5. The molecule has 2 atom stereocenters. The Bertz CT molecular complexity index is 593. The molecule has 0 saturated carbocycles. The second-order valence-electron chi connectivity index (χ2n) is 5.55. The summed E-state index contributed by atoms with van der Waals surface area (Å²) in [7, 11) is 1.96. The molecule has 1 aliphatic heterocycles. The number of ether oxygens (including phenoxy) is 1. The van der Waals surface area contributed by atoms with Crippen LogP contribution in [0.5, 0.6) is 0 Å². The first-order valence-corrected chi connectivity index (χ1v) is 6.79. The summed E-state index contributed by atoms with van der Waals surface area (Å²) < 4.78 is 7.57. The maximum absolute atomic E-state index is 9.81. The molecule has 0 aliphatic carbocycles. The monoisotopic (exact) mass is 260 g/mol. The van der Waals surface area contributed by atoms with Crippen LogP contribution in [0.3, 0.4) is 0 Å². The summed E-state index contributed by atoms with van der Waals surface area (Å²) in [5.41, 5.74) is 2.01. The lowest BCUT2D eigenvalue weighted by Crippen LogP contribution is -2.35. The number of benzene rings is 1. The summed E-state index contributed by atoms with van der Waals surface area (Å²) in [4.78, 5) is 0. The van der Waals surface area contributed by atoms with Crippen molar-refractivity contribution < 1.29 is 9.84 Å². The average Bonchev–Trinajstić information content (AvgIpc) is 2.94. The van der Waals surface area contributed by atoms with Crippen LogP contribution >= 0.6 is 0 Å². The molecule has 2 aromatic rings. The van der Waals surface area contributed by atoms with E-state index in [0.29, 0.717) is 0 Å². The van der Waals surface area contributed by atoms with Crippen LogP contribution in [0.4, 0.5) is 0 Å². The molecule has 102 valence electrons. The second-order valence-corrected chi connectivity index (χ2v) is 5.55. The molecule has 2 heterocycles. The van der Waals surface area contributed by atoms with Gasteiger partial charge in [0.15, 0.2) is 0 Å². The van der Waals surface area contributed by atoms with E-state index in [2.05, 4.69) is 17.2 Å². The third kappa shape index (κ3) is 1.95. The number of aliphatic hydroxyl groups excluding tert-OH is 1. The summed E-state index contributed by atoms with van der Waals surface area (Å²) in [5, 5.41) is 15.6. The van der Waals surface area contributed by atoms with Gasteiger partial charge in [0.05, 0.1) is 23.9 Å². The van der Waals surface area contributed by atoms with E-state index in [1.807, 2.05) is 30.8 Å². The molecule has 0 amide bonds. The number of para-hydroxylation sites is 1. The number of aryl methyl sites for hydroxylation is 1. The van der Waals surface area contributed by atoms with Gasteiger partial charge in [-0.15, -0.1) is 0 Å². The molecule has 2 unspecified atom stereocenters. The lowest BCUT2D eigenvalue weighted by atomic mass is 9.78. The molecular weight excluding hydrogens is 240 g/mol. The Morgan fingerprint density at radius 3 is 2.95 bits per heavy atom. The number of rotatable bonds is 3. The predicted octanol–water partition coefficient (Wildman–Crippen LogP) is 1.90. The molecule has 4 nitrogen and oxygen atoms in total. The molecule has 0 bridgehead atoms. The van der Waals surface area contributed by atoms with Crippen molar-refractivity contribution >= 4 is 10.9 Å². The standard InChI is InChI=1S/C15H20N2O2/c1-11-15(10-18,7-8-19-11)9-13-12-5-3-4-6-14(12)17(2)16-13/h3-6,11,18H,7-10H2,1-2H3. The topological polar surface area (TPSA) is 47.3 Å². The predicted molar refractivity (Wildman–Crippen MR) is 74.0 cm³/mol. The summed E-state index contributed by atoms with van der Waals surface area (Å²) in [6.07, 6.45) is 1.75. The number of aromatic nitrogens is 2. The summed E-state index contributed by atoms with van der Waals surface area (Å²) >= 11 is 0. The van der Waals surface area contributed by atoms with E-state index >= 15 is 0 Å². The van der Waals surface area contributed by atoms with Crippen LogP contribution in [0, 0.1) is 5.41 Å². The van der Waals surface area contributed by atoms with Crippen molar-refractivity contribution in [1.29, 1.82) is 0 Å². The normalized spacial score (nSPS) is 27.2. The molecule has 0 spiro atoms. The maximum Gasteiger partial charge on any atom is 0.0710 e. The van der Waals surface area contributed by atoms with Crippen molar-refractivity contribution in [2.75, 3.05) is 13.2 Å². The van der Waals surface area contributed by atoms with Crippen LogP contribution < -0.4 is 0 Å². The van der Waals surface area contributed by atoms with Crippen LogP contribution in [0.25, 0.3) is 10.9 Å². The fourth-order valence-corrected chi connectivity index (χ4v) is 3.07. The number of hydrogen-bond acceptors (Lipinski definition) is 3. The van der Waals surface area contributed by atoms with Gasteiger partial charge in [-0.05, 0) is 19.4 Å². The third-order valence-electron chi connectivity index (χ3n) is 4.50. The Balaban J connectivity index is 2.01. The van der Waals surface area contributed by atoms with Crippen molar-refractivity contribution in [2.24, 2.45) is 12.5 Å². The minimum absolute atomic E-state index is 0.0817. The van der Waals surface area contributed by atoms with Crippen LogP contribution in [-0.2, 0) is 18.2 Å². The van der Waals surface area contributed by atoms with Crippen molar-refractivity contribution in [3.63, 3.8) is 0 Å². The SMILES string of the molecule is CC1OCCC1(CO)Cc1nn(C)c2ccccc12. The molecule has 1 aromatic carbocycles. The number of nitrogens with zero attached hydrogens (tertiary/aromatic N) is 2. The van der Waals surface area contributed by atoms with Gasteiger partial charge in [0.1, 0.15) is 0 Å². The number of hydrogen-bond donors (Lipinski definition) is 1. The first kappa shape index (κ1) is 12.6. The molecule has 1 aliphatic rings. The van der Waals surface area contributed by atoms with Gasteiger partial charge in [-0.25, -0.2) is 0 Å². The van der Waals surface area contributed by atoms with E-state index in [9.17, 15) is 5.11 Å². The Hall–Kier alpha value is -1.39. The highest BCUT2D eigenvalue weighted by Crippen LogP contribution is 2.38. The average molecular weight is 260 g/mol. The smallest absolute Gasteiger partial charge is 0.0710 e. The first-order valence-electron chi connectivity index (χ1n) is 6.79. The Morgan fingerprint density at radius 1 is 1.47 bits per heavy atom. The van der Waals surface area contributed by atoms with Crippen molar-refractivity contribution in [1.82, 2.24) is 9.78 Å². The molecule has 1 aromatic heterocycles. The van der Waals surface area contributed by atoms with Crippen LogP contribution in [0.2, 0.25) is 0 Å². The zero-order valence-corrected chi connectivity index (χ0v) is 11.5. The lowest BCUT2D eigenvalue weighted by Gasteiger charge is -2.29. The van der Waals surface area contributed by atoms with E-state index in [1.165, 1.54) is 5.39 Å². The highest BCUT2D eigenvalue weighted by molar-refractivity contribution is 5.81. The first-order chi connectivity index (χ1) is 9.16.